The number of hydrogen-bond donors (Lipinski definition) is 2. The molecule has 0 heterocycles. The Labute approximate surface area is 71.9 Å². The summed E-state index contributed by atoms with van der Waals surface area (Å²) in [6, 6.07) is 0. The van der Waals surface area contributed by atoms with Crippen LogP contribution in [0.3, 0.4) is 0 Å². The monoisotopic (exact) mass is 180 g/mol. The molecule has 0 amide bonds. The van der Waals surface area contributed by atoms with Crippen LogP contribution in [0.5, 0.6) is 0 Å². The third-order valence-corrected chi connectivity index (χ3v) is 1.07. The van der Waals surface area contributed by atoms with Gasteiger partial charge in [0.15, 0.2) is 0 Å². The van der Waals surface area contributed by atoms with Crippen molar-refractivity contribution in [3.05, 3.63) is 0 Å². The van der Waals surface area contributed by atoms with Crippen molar-refractivity contribution in [1.82, 2.24) is 0 Å². The maximum Gasteiger partial charge on any atom is 0.143 e. The van der Waals surface area contributed by atoms with E-state index in [1.54, 1.807) is 0 Å². The first kappa shape index (κ1) is 11.8. The predicted molar refractivity (Wildman–Crippen MR) is 41.8 cm³/mol. The highest BCUT2D eigenvalue weighted by atomic mass is 16.6. The fourth-order valence-corrected chi connectivity index (χ4v) is 0.569. The Kier molecular flexibility index (Phi) is 10.6. The van der Waals surface area contributed by atoms with Gasteiger partial charge < -0.3 is 24.4 Å². The summed E-state index contributed by atoms with van der Waals surface area (Å²) in [4.78, 5) is 0. The highest BCUT2D eigenvalue weighted by Gasteiger charge is 1.89. The molecule has 5 heteroatoms. The first-order valence-corrected chi connectivity index (χ1v) is 3.86. The lowest BCUT2D eigenvalue weighted by molar-refractivity contribution is -0.0379. The summed E-state index contributed by atoms with van der Waals surface area (Å²) in [7, 11) is 0. The van der Waals surface area contributed by atoms with E-state index in [-0.39, 0.29) is 13.4 Å². The van der Waals surface area contributed by atoms with Crippen molar-refractivity contribution in [2.45, 2.75) is 0 Å². The molecule has 0 aliphatic rings. The van der Waals surface area contributed by atoms with Gasteiger partial charge in [0.25, 0.3) is 0 Å². The molecule has 0 aromatic carbocycles. The van der Waals surface area contributed by atoms with Crippen LogP contribution < -0.4 is 0 Å². The Morgan fingerprint density at radius 2 is 1.17 bits per heavy atom. The van der Waals surface area contributed by atoms with E-state index in [0.29, 0.717) is 33.0 Å². The van der Waals surface area contributed by atoms with Crippen molar-refractivity contribution in [1.29, 1.82) is 0 Å². The summed E-state index contributed by atoms with van der Waals surface area (Å²) in [5.41, 5.74) is 0. The Morgan fingerprint density at radius 3 is 1.67 bits per heavy atom. The van der Waals surface area contributed by atoms with E-state index in [4.69, 9.17) is 19.7 Å². The molecule has 5 nitrogen and oxygen atoms in total. The third-order valence-electron chi connectivity index (χ3n) is 1.07. The first-order valence-electron chi connectivity index (χ1n) is 3.86. The molecule has 0 bridgehead atoms. The number of ether oxygens (including phenoxy) is 3. The van der Waals surface area contributed by atoms with Crippen LogP contribution in [-0.4, -0.2) is 56.6 Å². The second-order valence-corrected chi connectivity index (χ2v) is 1.99. The molecule has 0 saturated heterocycles. The highest BCUT2D eigenvalue weighted by molar-refractivity contribution is 4.31. The second-order valence-electron chi connectivity index (χ2n) is 1.99. The Morgan fingerprint density at radius 1 is 0.667 bits per heavy atom. The van der Waals surface area contributed by atoms with Gasteiger partial charge in [0, 0.05) is 0 Å². The molecule has 12 heavy (non-hydrogen) atoms. The molecule has 0 aliphatic carbocycles. The van der Waals surface area contributed by atoms with E-state index in [9.17, 15) is 0 Å². The Hall–Kier alpha value is -0.200. The van der Waals surface area contributed by atoms with Crippen LogP contribution in [-0.2, 0) is 14.2 Å². The van der Waals surface area contributed by atoms with Gasteiger partial charge in [0.05, 0.1) is 39.6 Å². The molecule has 0 saturated carbocycles. The molecule has 0 atom stereocenters. The van der Waals surface area contributed by atoms with Gasteiger partial charge in [0.1, 0.15) is 6.79 Å². The van der Waals surface area contributed by atoms with Crippen molar-refractivity contribution in [2.75, 3.05) is 46.4 Å². The first-order chi connectivity index (χ1) is 5.91. The predicted octanol–water partition coefficient (Wildman–Crippen LogP) is -1.02. The lowest BCUT2D eigenvalue weighted by Crippen LogP contribution is -2.10. The minimum Gasteiger partial charge on any atom is -0.394 e. The topological polar surface area (TPSA) is 68.2 Å². The molecule has 0 aromatic rings. The van der Waals surface area contributed by atoms with Gasteiger partial charge in [-0.2, -0.15) is 0 Å². The van der Waals surface area contributed by atoms with Gasteiger partial charge in [-0.3, -0.25) is 0 Å². The highest BCUT2D eigenvalue weighted by Crippen LogP contribution is 1.79. The maximum atomic E-state index is 8.33. The van der Waals surface area contributed by atoms with Crippen molar-refractivity contribution >= 4 is 0 Å². The number of aliphatic hydroxyl groups excluding tert-OH is 2. The molecule has 0 spiro atoms. The molecule has 0 radical (unpaired) electrons. The molecule has 0 aromatic heterocycles. The van der Waals surface area contributed by atoms with Crippen LogP contribution in [0, 0.1) is 0 Å². The minimum atomic E-state index is -0.273. The van der Waals surface area contributed by atoms with Gasteiger partial charge in [-0.05, 0) is 0 Å². The lowest BCUT2D eigenvalue weighted by atomic mass is 10.7. The fourth-order valence-electron chi connectivity index (χ4n) is 0.569. The van der Waals surface area contributed by atoms with E-state index < -0.39 is 0 Å². The summed E-state index contributed by atoms with van der Waals surface area (Å²) in [5, 5.41) is 16.5. The summed E-state index contributed by atoms with van der Waals surface area (Å²) in [6.07, 6.45) is 0. The van der Waals surface area contributed by atoms with Crippen molar-refractivity contribution < 1.29 is 24.4 Å². The molecule has 0 unspecified atom stereocenters. The fraction of sp³-hybridized carbons (Fsp3) is 1.00. The van der Waals surface area contributed by atoms with Gasteiger partial charge in [-0.25, -0.2) is 0 Å². The van der Waals surface area contributed by atoms with Crippen LogP contribution >= 0.6 is 0 Å². The smallest absolute Gasteiger partial charge is 0.143 e. The number of rotatable bonds is 9. The number of hydrogen-bond acceptors (Lipinski definition) is 5. The summed E-state index contributed by atoms with van der Waals surface area (Å²) >= 11 is 0. The average Bonchev–Trinajstić information content (AvgIpc) is 2.10. The van der Waals surface area contributed by atoms with Crippen LogP contribution in [0.4, 0.5) is 0 Å². The minimum absolute atomic E-state index is 0.0353. The molecule has 0 fully saturated rings. The zero-order chi connectivity index (χ0) is 9.07. The second kappa shape index (κ2) is 10.8. The SMILES string of the molecule is OCCOCCOCCOCO. The van der Waals surface area contributed by atoms with Crippen LogP contribution in [0.2, 0.25) is 0 Å². The van der Waals surface area contributed by atoms with Gasteiger partial charge in [0.2, 0.25) is 0 Å². The van der Waals surface area contributed by atoms with E-state index in [0.717, 1.165) is 0 Å². The van der Waals surface area contributed by atoms with Crippen LogP contribution in [0.1, 0.15) is 0 Å². The summed E-state index contributed by atoms with van der Waals surface area (Å²) in [5.74, 6) is 0. The molecular formula is C7H16O5. The zero-order valence-corrected chi connectivity index (χ0v) is 7.07. The van der Waals surface area contributed by atoms with E-state index >= 15 is 0 Å². The Balaban J connectivity index is 2.73. The largest absolute Gasteiger partial charge is 0.394 e. The van der Waals surface area contributed by atoms with Crippen molar-refractivity contribution in [3.63, 3.8) is 0 Å². The molecule has 0 rings (SSSR count). The van der Waals surface area contributed by atoms with E-state index in [1.165, 1.54) is 0 Å². The lowest BCUT2D eigenvalue weighted by Gasteiger charge is -2.04. The molecule has 2 N–H and O–H groups in total. The van der Waals surface area contributed by atoms with Crippen LogP contribution in [0.25, 0.3) is 0 Å². The van der Waals surface area contributed by atoms with Gasteiger partial charge in [-0.15, -0.1) is 0 Å². The van der Waals surface area contributed by atoms with Crippen molar-refractivity contribution in [2.24, 2.45) is 0 Å². The standard InChI is InChI=1S/C7H16O5/c8-1-2-10-3-4-11-5-6-12-7-9/h8-9H,1-7H2. The average molecular weight is 180 g/mol. The van der Waals surface area contributed by atoms with E-state index in [1.807, 2.05) is 0 Å². The molecular weight excluding hydrogens is 164 g/mol. The molecule has 74 valence electrons. The maximum absolute atomic E-state index is 8.33. The molecule has 0 aliphatic heterocycles. The number of aliphatic hydroxyl groups is 2. The van der Waals surface area contributed by atoms with Gasteiger partial charge >= 0.3 is 0 Å². The third kappa shape index (κ3) is 9.80. The van der Waals surface area contributed by atoms with Crippen molar-refractivity contribution in [3.8, 4) is 0 Å². The summed E-state index contributed by atoms with van der Waals surface area (Å²) < 4.78 is 14.6. The van der Waals surface area contributed by atoms with Crippen LogP contribution in [0.15, 0.2) is 0 Å². The Bertz CT molecular complexity index is 68.2. The quantitative estimate of drug-likeness (QED) is 0.351. The van der Waals surface area contributed by atoms with E-state index in [2.05, 4.69) is 4.74 Å². The normalized spacial score (nSPS) is 10.5. The van der Waals surface area contributed by atoms with Gasteiger partial charge in [-0.1, -0.05) is 0 Å². The summed E-state index contributed by atoms with van der Waals surface area (Å²) in [6.45, 7) is 1.89. The zero-order valence-electron chi connectivity index (χ0n) is 7.07.